The molecule has 0 aliphatic heterocycles. The second-order valence-corrected chi connectivity index (χ2v) is 6.34. The summed E-state index contributed by atoms with van der Waals surface area (Å²) in [6.45, 7) is -0.304. The van der Waals surface area contributed by atoms with Crippen molar-refractivity contribution in [3.63, 3.8) is 0 Å². The van der Waals surface area contributed by atoms with Crippen molar-refractivity contribution in [1.82, 2.24) is 9.97 Å². The topological polar surface area (TPSA) is 78.1 Å². The molecule has 0 spiro atoms. The number of aromatic nitrogens is 2. The van der Waals surface area contributed by atoms with Crippen LogP contribution in [0.4, 0.5) is 4.39 Å². The molecule has 24 heavy (non-hydrogen) atoms. The van der Waals surface area contributed by atoms with Crippen LogP contribution in [0.2, 0.25) is 10.0 Å². The standard InChI is InChI=1S/C16H14Cl2FN3O2/c17-9-3-4-10(11(19)6-9)15-21-12(5-8-1-2-8)13(18)14(22-15)16(23)24-7-20/h3-4,6,8H,1-2,5,7,20H2. The van der Waals surface area contributed by atoms with Crippen LogP contribution in [0, 0.1) is 11.7 Å². The van der Waals surface area contributed by atoms with E-state index in [4.69, 9.17) is 33.7 Å². The van der Waals surface area contributed by atoms with Gasteiger partial charge in [-0.1, -0.05) is 23.2 Å². The number of carbonyl (C=O) groups is 1. The molecule has 1 aromatic carbocycles. The maximum atomic E-state index is 14.2. The average Bonchev–Trinajstić information content (AvgIpc) is 3.34. The Morgan fingerprint density at radius 2 is 2.08 bits per heavy atom. The normalized spacial score (nSPS) is 13.8. The Morgan fingerprint density at radius 3 is 2.71 bits per heavy atom. The van der Waals surface area contributed by atoms with Crippen LogP contribution in [0.1, 0.15) is 29.0 Å². The van der Waals surface area contributed by atoms with Crippen LogP contribution in [-0.2, 0) is 11.2 Å². The van der Waals surface area contributed by atoms with E-state index >= 15 is 0 Å². The van der Waals surface area contributed by atoms with E-state index in [0.29, 0.717) is 18.0 Å². The number of rotatable bonds is 5. The van der Waals surface area contributed by atoms with E-state index in [9.17, 15) is 9.18 Å². The third-order valence-electron chi connectivity index (χ3n) is 3.68. The van der Waals surface area contributed by atoms with Crippen molar-refractivity contribution in [2.24, 2.45) is 11.7 Å². The summed E-state index contributed by atoms with van der Waals surface area (Å²) in [4.78, 5) is 20.5. The summed E-state index contributed by atoms with van der Waals surface area (Å²) in [7, 11) is 0. The number of carbonyl (C=O) groups excluding carboxylic acids is 1. The molecular weight excluding hydrogens is 356 g/mol. The molecule has 126 valence electrons. The molecule has 0 bridgehead atoms. The van der Waals surface area contributed by atoms with Crippen molar-refractivity contribution in [1.29, 1.82) is 0 Å². The van der Waals surface area contributed by atoms with Crippen molar-refractivity contribution >= 4 is 29.2 Å². The lowest BCUT2D eigenvalue weighted by molar-refractivity contribution is 0.0508. The van der Waals surface area contributed by atoms with Gasteiger partial charge in [0, 0.05) is 5.02 Å². The van der Waals surface area contributed by atoms with Crippen LogP contribution in [0.3, 0.4) is 0 Å². The summed E-state index contributed by atoms with van der Waals surface area (Å²) < 4.78 is 19.0. The van der Waals surface area contributed by atoms with E-state index in [1.54, 1.807) is 0 Å². The van der Waals surface area contributed by atoms with Gasteiger partial charge < -0.3 is 4.74 Å². The van der Waals surface area contributed by atoms with Crippen LogP contribution < -0.4 is 5.73 Å². The minimum atomic E-state index is -0.766. The van der Waals surface area contributed by atoms with Crippen molar-refractivity contribution in [2.45, 2.75) is 19.3 Å². The molecule has 0 saturated heterocycles. The predicted octanol–water partition coefficient (Wildman–Crippen LogP) is 3.62. The maximum Gasteiger partial charge on any atom is 0.359 e. The molecule has 1 aromatic heterocycles. The van der Waals surface area contributed by atoms with Gasteiger partial charge in [-0.05, 0) is 43.4 Å². The van der Waals surface area contributed by atoms with Gasteiger partial charge in [-0.3, -0.25) is 5.73 Å². The summed E-state index contributed by atoms with van der Waals surface area (Å²) >= 11 is 12.0. The number of halogens is 3. The SMILES string of the molecule is NCOC(=O)c1nc(-c2ccc(Cl)cc2F)nc(CC2CC2)c1Cl. The Labute approximate surface area is 147 Å². The van der Waals surface area contributed by atoms with Crippen molar-refractivity contribution < 1.29 is 13.9 Å². The molecule has 1 heterocycles. The highest BCUT2D eigenvalue weighted by Gasteiger charge is 2.27. The lowest BCUT2D eigenvalue weighted by Crippen LogP contribution is -2.16. The zero-order valence-corrected chi connectivity index (χ0v) is 14.1. The Balaban J connectivity index is 2.10. The summed E-state index contributed by atoms with van der Waals surface area (Å²) in [5.41, 5.74) is 5.75. The second-order valence-electron chi connectivity index (χ2n) is 5.53. The molecule has 2 aromatic rings. The van der Waals surface area contributed by atoms with Gasteiger partial charge in [-0.2, -0.15) is 0 Å². The van der Waals surface area contributed by atoms with Gasteiger partial charge in [-0.25, -0.2) is 19.2 Å². The fraction of sp³-hybridized carbons (Fsp3) is 0.312. The third-order valence-corrected chi connectivity index (χ3v) is 4.31. The molecule has 1 fully saturated rings. The molecular formula is C16H14Cl2FN3O2. The van der Waals surface area contributed by atoms with E-state index in [0.717, 1.165) is 18.9 Å². The molecule has 3 rings (SSSR count). The lowest BCUT2D eigenvalue weighted by atomic mass is 10.1. The Morgan fingerprint density at radius 1 is 1.33 bits per heavy atom. The van der Waals surface area contributed by atoms with Crippen molar-refractivity contribution in [3.8, 4) is 11.4 Å². The maximum absolute atomic E-state index is 14.2. The summed E-state index contributed by atoms with van der Waals surface area (Å²) in [6.07, 6.45) is 2.76. The number of nitrogens with zero attached hydrogens (tertiary/aromatic N) is 2. The van der Waals surface area contributed by atoms with Gasteiger partial charge in [-0.15, -0.1) is 0 Å². The summed E-state index contributed by atoms with van der Waals surface area (Å²) in [5, 5.41) is 0.379. The van der Waals surface area contributed by atoms with E-state index in [-0.39, 0.29) is 33.9 Å². The van der Waals surface area contributed by atoms with Crippen LogP contribution in [-0.4, -0.2) is 22.7 Å². The number of hydrogen-bond donors (Lipinski definition) is 1. The minimum absolute atomic E-state index is 0.0631. The highest BCUT2D eigenvalue weighted by Crippen LogP contribution is 2.35. The number of nitrogens with two attached hydrogens (primary N) is 1. The van der Waals surface area contributed by atoms with Crippen LogP contribution >= 0.6 is 23.2 Å². The Kier molecular flexibility index (Phi) is 4.99. The molecule has 5 nitrogen and oxygen atoms in total. The smallest absolute Gasteiger partial charge is 0.359 e. The first-order valence-electron chi connectivity index (χ1n) is 7.38. The first-order valence-corrected chi connectivity index (χ1v) is 8.14. The fourth-order valence-electron chi connectivity index (χ4n) is 2.29. The lowest BCUT2D eigenvalue weighted by Gasteiger charge is -2.11. The molecule has 0 radical (unpaired) electrons. The molecule has 1 aliphatic rings. The number of esters is 1. The first-order chi connectivity index (χ1) is 11.5. The quantitative estimate of drug-likeness (QED) is 0.643. The fourth-order valence-corrected chi connectivity index (χ4v) is 2.69. The van der Waals surface area contributed by atoms with Gasteiger partial charge in [0.15, 0.2) is 11.5 Å². The molecule has 1 saturated carbocycles. The van der Waals surface area contributed by atoms with Gasteiger partial charge in [0.2, 0.25) is 0 Å². The number of benzene rings is 1. The molecule has 0 amide bonds. The molecule has 2 N–H and O–H groups in total. The largest absolute Gasteiger partial charge is 0.445 e. The monoisotopic (exact) mass is 369 g/mol. The van der Waals surface area contributed by atoms with Crippen LogP contribution in [0.25, 0.3) is 11.4 Å². The first kappa shape index (κ1) is 17.1. The Hall–Kier alpha value is -1.76. The van der Waals surface area contributed by atoms with Gasteiger partial charge >= 0.3 is 5.97 Å². The Bertz CT molecular complexity index is 797. The molecule has 0 unspecified atom stereocenters. The zero-order chi connectivity index (χ0) is 17.3. The molecule has 8 heteroatoms. The van der Waals surface area contributed by atoms with Gasteiger partial charge in [0.1, 0.15) is 12.5 Å². The van der Waals surface area contributed by atoms with Crippen LogP contribution in [0.5, 0.6) is 0 Å². The summed E-state index contributed by atoms with van der Waals surface area (Å²) in [5.74, 6) is -0.815. The van der Waals surface area contributed by atoms with E-state index in [2.05, 4.69) is 9.97 Å². The van der Waals surface area contributed by atoms with Crippen molar-refractivity contribution in [3.05, 3.63) is 45.4 Å². The molecule has 0 atom stereocenters. The third kappa shape index (κ3) is 3.66. The van der Waals surface area contributed by atoms with E-state index < -0.39 is 11.8 Å². The van der Waals surface area contributed by atoms with Gasteiger partial charge in [0.05, 0.1) is 16.3 Å². The second kappa shape index (κ2) is 7.01. The highest BCUT2D eigenvalue weighted by atomic mass is 35.5. The average molecular weight is 370 g/mol. The molecule has 1 aliphatic carbocycles. The predicted molar refractivity (Wildman–Crippen MR) is 88.3 cm³/mol. The highest BCUT2D eigenvalue weighted by molar-refractivity contribution is 6.34. The van der Waals surface area contributed by atoms with Crippen LogP contribution in [0.15, 0.2) is 18.2 Å². The van der Waals surface area contributed by atoms with Crippen molar-refractivity contribution in [2.75, 3.05) is 6.73 Å². The summed E-state index contributed by atoms with van der Waals surface area (Å²) in [6, 6.07) is 4.14. The van der Waals surface area contributed by atoms with E-state index in [1.165, 1.54) is 12.1 Å². The number of hydrogen-bond acceptors (Lipinski definition) is 5. The number of ether oxygens (including phenoxy) is 1. The van der Waals surface area contributed by atoms with E-state index in [1.807, 2.05) is 0 Å². The zero-order valence-electron chi connectivity index (χ0n) is 12.6. The minimum Gasteiger partial charge on any atom is -0.445 e. The van der Waals surface area contributed by atoms with Gasteiger partial charge in [0.25, 0.3) is 0 Å².